The number of hydrogen-bond donors (Lipinski definition) is 0. The van der Waals surface area contributed by atoms with E-state index in [1.807, 2.05) is 26.2 Å². The molecule has 1 aromatic rings. The molecule has 68 valence electrons. The van der Waals surface area contributed by atoms with E-state index in [0.717, 1.165) is 11.8 Å². The average molecular weight is 176 g/mol. The highest BCUT2D eigenvalue weighted by Gasteiger charge is 1.90. The normalized spacial score (nSPS) is 10.3. The van der Waals surface area contributed by atoms with Gasteiger partial charge in [-0.1, -0.05) is 18.2 Å². The van der Waals surface area contributed by atoms with Gasteiger partial charge in [0.25, 0.3) is 0 Å². The number of aldehydes is 1. The molecule has 1 aromatic carbocycles. The third-order valence-electron chi connectivity index (χ3n) is 1.48. The molecule has 0 fully saturated rings. The molecule has 1 rings (SSSR count). The summed E-state index contributed by atoms with van der Waals surface area (Å²) in [6.07, 6.45) is 2.54. The maximum atomic E-state index is 10.4. The Bertz CT molecular complexity index is 318. The van der Waals surface area contributed by atoms with Gasteiger partial charge in [0.05, 0.1) is 6.21 Å². The molecule has 0 amide bonds. The van der Waals surface area contributed by atoms with Crippen molar-refractivity contribution in [3.63, 3.8) is 0 Å². The lowest BCUT2D eigenvalue weighted by atomic mass is 10.1. The second-order valence-electron chi connectivity index (χ2n) is 2.88. The Morgan fingerprint density at radius 3 is 2.62 bits per heavy atom. The molecule has 0 radical (unpaired) electrons. The van der Waals surface area contributed by atoms with Crippen molar-refractivity contribution >= 4 is 12.5 Å². The number of rotatable bonds is 3. The van der Waals surface area contributed by atoms with E-state index in [-0.39, 0.29) is 0 Å². The van der Waals surface area contributed by atoms with Crippen LogP contribution >= 0.6 is 0 Å². The van der Waals surface area contributed by atoms with Crippen molar-refractivity contribution < 1.29 is 4.79 Å². The highest BCUT2D eigenvalue weighted by atomic mass is 16.1. The molecule has 0 saturated carbocycles. The van der Waals surface area contributed by atoms with Crippen LogP contribution in [0.4, 0.5) is 0 Å². The van der Waals surface area contributed by atoms with Gasteiger partial charge in [-0.25, -0.2) is 0 Å². The zero-order valence-corrected chi connectivity index (χ0v) is 7.77. The zero-order valence-electron chi connectivity index (χ0n) is 7.77. The van der Waals surface area contributed by atoms with Gasteiger partial charge in [0, 0.05) is 19.7 Å². The van der Waals surface area contributed by atoms with Gasteiger partial charge in [0.1, 0.15) is 6.29 Å². The van der Waals surface area contributed by atoms with Crippen molar-refractivity contribution in [3.8, 4) is 0 Å². The summed E-state index contributed by atoms with van der Waals surface area (Å²) in [6, 6.07) is 7.29. The van der Waals surface area contributed by atoms with E-state index < -0.39 is 0 Å². The molecule has 0 aliphatic rings. The van der Waals surface area contributed by atoms with E-state index in [1.54, 1.807) is 23.4 Å². The Morgan fingerprint density at radius 2 is 2.00 bits per heavy atom. The lowest BCUT2D eigenvalue weighted by Crippen LogP contribution is -2.01. The summed E-state index contributed by atoms with van der Waals surface area (Å²) in [7, 11) is 3.69. The molecule has 0 aromatic heterocycles. The molecular formula is C10H12N2O. The molecular weight excluding hydrogens is 164 g/mol. The molecule has 0 unspecified atom stereocenters. The smallest absolute Gasteiger partial charge is 0.150 e. The van der Waals surface area contributed by atoms with Crippen molar-refractivity contribution in [3.05, 3.63) is 35.4 Å². The maximum absolute atomic E-state index is 10.4. The van der Waals surface area contributed by atoms with Crippen molar-refractivity contribution in [2.24, 2.45) is 5.10 Å². The molecule has 0 N–H and O–H groups in total. The molecule has 3 heteroatoms. The summed E-state index contributed by atoms with van der Waals surface area (Å²) >= 11 is 0. The third-order valence-corrected chi connectivity index (χ3v) is 1.48. The Kier molecular flexibility index (Phi) is 3.20. The first kappa shape index (κ1) is 9.45. The standard InChI is InChI=1S/C10H12N2O/c1-12(2)11-7-9-4-3-5-10(6-9)8-13/h3-8H,1-2H3. The minimum absolute atomic E-state index is 0.669. The van der Waals surface area contributed by atoms with Crippen molar-refractivity contribution in [1.82, 2.24) is 5.01 Å². The summed E-state index contributed by atoms with van der Waals surface area (Å²) in [5.41, 5.74) is 1.60. The fourth-order valence-electron chi connectivity index (χ4n) is 0.895. The fraction of sp³-hybridized carbons (Fsp3) is 0.200. The van der Waals surface area contributed by atoms with Crippen molar-refractivity contribution in [2.75, 3.05) is 14.1 Å². The molecule has 3 nitrogen and oxygen atoms in total. The largest absolute Gasteiger partial charge is 0.303 e. The number of benzene rings is 1. The number of carbonyl (C=O) groups excluding carboxylic acids is 1. The van der Waals surface area contributed by atoms with Gasteiger partial charge in [-0.2, -0.15) is 5.10 Å². The molecule has 0 aliphatic carbocycles. The third kappa shape index (κ3) is 3.07. The molecule has 0 spiro atoms. The monoisotopic (exact) mass is 176 g/mol. The van der Waals surface area contributed by atoms with Crippen LogP contribution in [0.1, 0.15) is 15.9 Å². The zero-order chi connectivity index (χ0) is 9.68. The summed E-state index contributed by atoms with van der Waals surface area (Å²) in [5.74, 6) is 0. The van der Waals surface area contributed by atoms with E-state index in [1.165, 1.54) is 0 Å². The van der Waals surface area contributed by atoms with E-state index >= 15 is 0 Å². The van der Waals surface area contributed by atoms with Crippen LogP contribution in [0.15, 0.2) is 29.4 Å². The van der Waals surface area contributed by atoms with E-state index in [0.29, 0.717) is 5.56 Å². The van der Waals surface area contributed by atoms with Gasteiger partial charge in [0.15, 0.2) is 0 Å². The number of nitrogens with zero attached hydrogens (tertiary/aromatic N) is 2. The van der Waals surface area contributed by atoms with Gasteiger partial charge < -0.3 is 5.01 Å². The number of hydrogen-bond acceptors (Lipinski definition) is 3. The van der Waals surface area contributed by atoms with Crippen LogP contribution in [-0.4, -0.2) is 31.6 Å². The minimum atomic E-state index is 0.669. The van der Waals surface area contributed by atoms with Gasteiger partial charge >= 0.3 is 0 Å². The summed E-state index contributed by atoms with van der Waals surface area (Å²) in [4.78, 5) is 10.4. The SMILES string of the molecule is CN(C)N=Cc1cccc(C=O)c1. The topological polar surface area (TPSA) is 32.7 Å². The first-order valence-electron chi connectivity index (χ1n) is 3.99. The molecule has 0 aliphatic heterocycles. The second kappa shape index (κ2) is 4.40. The Hall–Kier alpha value is -1.64. The van der Waals surface area contributed by atoms with Crippen LogP contribution in [0.2, 0.25) is 0 Å². The van der Waals surface area contributed by atoms with E-state index in [4.69, 9.17) is 0 Å². The van der Waals surface area contributed by atoms with Crippen LogP contribution < -0.4 is 0 Å². The number of carbonyl (C=O) groups is 1. The fourth-order valence-corrected chi connectivity index (χ4v) is 0.895. The quantitative estimate of drug-likeness (QED) is 0.396. The second-order valence-corrected chi connectivity index (χ2v) is 2.88. The highest BCUT2D eigenvalue weighted by Crippen LogP contribution is 2.00. The average Bonchev–Trinajstić information content (AvgIpc) is 2.15. The van der Waals surface area contributed by atoms with Crippen LogP contribution in [0.25, 0.3) is 0 Å². The number of hydrazone groups is 1. The molecule has 0 atom stereocenters. The lowest BCUT2D eigenvalue weighted by Gasteiger charge is -2.02. The molecule has 0 heterocycles. The first-order valence-corrected chi connectivity index (χ1v) is 3.99. The van der Waals surface area contributed by atoms with E-state index in [9.17, 15) is 4.79 Å². The molecule has 0 saturated heterocycles. The van der Waals surface area contributed by atoms with Gasteiger partial charge in [-0.05, 0) is 11.6 Å². The lowest BCUT2D eigenvalue weighted by molar-refractivity contribution is 0.112. The van der Waals surface area contributed by atoms with Crippen LogP contribution in [-0.2, 0) is 0 Å². The van der Waals surface area contributed by atoms with Crippen LogP contribution in [0, 0.1) is 0 Å². The van der Waals surface area contributed by atoms with Gasteiger partial charge in [0.2, 0.25) is 0 Å². The first-order chi connectivity index (χ1) is 6.22. The van der Waals surface area contributed by atoms with Crippen LogP contribution in [0.3, 0.4) is 0 Å². The minimum Gasteiger partial charge on any atom is -0.303 e. The van der Waals surface area contributed by atoms with Crippen molar-refractivity contribution in [2.45, 2.75) is 0 Å². The predicted molar refractivity (Wildman–Crippen MR) is 53.1 cm³/mol. The Labute approximate surface area is 77.7 Å². The van der Waals surface area contributed by atoms with E-state index in [2.05, 4.69) is 5.10 Å². The maximum Gasteiger partial charge on any atom is 0.150 e. The van der Waals surface area contributed by atoms with Gasteiger partial charge in [-0.3, -0.25) is 4.79 Å². The van der Waals surface area contributed by atoms with Crippen molar-refractivity contribution in [1.29, 1.82) is 0 Å². The highest BCUT2D eigenvalue weighted by molar-refractivity contribution is 5.84. The molecule has 13 heavy (non-hydrogen) atoms. The predicted octanol–water partition coefficient (Wildman–Crippen LogP) is 1.39. The summed E-state index contributed by atoms with van der Waals surface area (Å²) in [6.45, 7) is 0. The molecule has 0 bridgehead atoms. The summed E-state index contributed by atoms with van der Waals surface area (Å²) in [5, 5.41) is 5.76. The Balaban J connectivity index is 2.83. The Morgan fingerprint density at radius 1 is 1.31 bits per heavy atom. The van der Waals surface area contributed by atoms with Gasteiger partial charge in [-0.15, -0.1) is 0 Å². The van der Waals surface area contributed by atoms with Crippen LogP contribution in [0.5, 0.6) is 0 Å². The summed E-state index contributed by atoms with van der Waals surface area (Å²) < 4.78 is 0.